The normalized spacial score (nSPS) is 10.6. The van der Waals surface area contributed by atoms with Gasteiger partial charge in [-0.25, -0.2) is 9.18 Å². The Labute approximate surface area is 197 Å². The Kier molecular flexibility index (Phi) is 7.50. The van der Waals surface area contributed by atoms with E-state index in [2.05, 4.69) is 0 Å². The fourth-order valence-corrected chi connectivity index (χ4v) is 3.98. The van der Waals surface area contributed by atoms with E-state index in [1.807, 2.05) is 0 Å². The monoisotopic (exact) mass is 466 g/mol. The Morgan fingerprint density at radius 1 is 1.03 bits per heavy atom. The summed E-state index contributed by atoms with van der Waals surface area (Å²) >= 11 is 0. The number of methoxy groups -OCH3 is 2. The SMILES string of the molecule is COC(=O)c1c(C)c(C(=O)CN(Cc2ccc(F)cc2)C(=O)c2cccc(OC)c2)c(C)n1C. The van der Waals surface area contributed by atoms with Gasteiger partial charge >= 0.3 is 5.97 Å². The molecular formula is C26H27FN2O5. The molecule has 1 aromatic heterocycles. The highest BCUT2D eigenvalue weighted by Gasteiger charge is 2.28. The van der Waals surface area contributed by atoms with E-state index in [-0.39, 0.29) is 30.5 Å². The van der Waals surface area contributed by atoms with Crippen molar-refractivity contribution in [2.24, 2.45) is 7.05 Å². The fourth-order valence-electron chi connectivity index (χ4n) is 3.98. The van der Waals surface area contributed by atoms with Crippen molar-refractivity contribution >= 4 is 17.7 Å². The molecular weight excluding hydrogens is 439 g/mol. The first-order chi connectivity index (χ1) is 16.2. The molecule has 1 amide bonds. The van der Waals surface area contributed by atoms with Gasteiger partial charge in [0, 0.05) is 30.4 Å². The number of halogens is 1. The topological polar surface area (TPSA) is 77.8 Å². The molecule has 178 valence electrons. The number of rotatable bonds is 8. The maximum absolute atomic E-state index is 13.4. The molecule has 0 atom stereocenters. The molecule has 2 aromatic carbocycles. The number of nitrogens with zero attached hydrogens (tertiary/aromatic N) is 2. The molecule has 0 aliphatic heterocycles. The quantitative estimate of drug-likeness (QED) is 0.369. The first kappa shape index (κ1) is 24.7. The van der Waals surface area contributed by atoms with Crippen molar-refractivity contribution in [3.8, 4) is 5.75 Å². The van der Waals surface area contributed by atoms with E-state index in [1.165, 1.54) is 31.3 Å². The number of ketones is 1. The zero-order chi connectivity index (χ0) is 25.0. The Morgan fingerprint density at radius 3 is 2.32 bits per heavy atom. The Morgan fingerprint density at radius 2 is 1.71 bits per heavy atom. The van der Waals surface area contributed by atoms with E-state index >= 15 is 0 Å². The van der Waals surface area contributed by atoms with Gasteiger partial charge in [0.15, 0.2) is 5.78 Å². The van der Waals surface area contributed by atoms with Crippen LogP contribution in [0.4, 0.5) is 4.39 Å². The molecule has 0 N–H and O–H groups in total. The smallest absolute Gasteiger partial charge is 0.354 e. The van der Waals surface area contributed by atoms with Gasteiger partial charge in [0.2, 0.25) is 0 Å². The van der Waals surface area contributed by atoms with Crippen LogP contribution in [0.5, 0.6) is 5.75 Å². The third-order valence-electron chi connectivity index (χ3n) is 5.81. The molecule has 0 fully saturated rings. The van der Waals surface area contributed by atoms with Crippen LogP contribution in [-0.4, -0.2) is 47.9 Å². The maximum Gasteiger partial charge on any atom is 0.354 e. The van der Waals surface area contributed by atoms with Gasteiger partial charge in [-0.05, 0) is 55.3 Å². The summed E-state index contributed by atoms with van der Waals surface area (Å²) in [5.41, 5.74) is 2.76. The van der Waals surface area contributed by atoms with Crippen molar-refractivity contribution in [2.75, 3.05) is 20.8 Å². The van der Waals surface area contributed by atoms with Crippen molar-refractivity contribution in [3.05, 3.63) is 88.0 Å². The van der Waals surface area contributed by atoms with Gasteiger partial charge in [-0.15, -0.1) is 0 Å². The van der Waals surface area contributed by atoms with E-state index in [4.69, 9.17) is 9.47 Å². The molecule has 0 aliphatic carbocycles. The third-order valence-corrected chi connectivity index (χ3v) is 5.81. The second-order valence-corrected chi connectivity index (χ2v) is 7.93. The average molecular weight is 467 g/mol. The Bertz CT molecular complexity index is 1230. The highest BCUT2D eigenvalue weighted by atomic mass is 19.1. The van der Waals surface area contributed by atoms with Crippen LogP contribution in [0.2, 0.25) is 0 Å². The van der Waals surface area contributed by atoms with E-state index < -0.39 is 11.8 Å². The van der Waals surface area contributed by atoms with Crippen LogP contribution in [0, 0.1) is 19.7 Å². The van der Waals surface area contributed by atoms with Crippen molar-refractivity contribution < 1.29 is 28.2 Å². The van der Waals surface area contributed by atoms with E-state index in [1.54, 1.807) is 61.9 Å². The van der Waals surface area contributed by atoms with E-state index in [0.717, 1.165) is 0 Å². The molecule has 3 aromatic rings. The second-order valence-electron chi connectivity index (χ2n) is 7.93. The first-order valence-corrected chi connectivity index (χ1v) is 10.6. The van der Waals surface area contributed by atoms with Crippen LogP contribution in [0.3, 0.4) is 0 Å². The predicted molar refractivity (Wildman–Crippen MR) is 125 cm³/mol. The summed E-state index contributed by atoms with van der Waals surface area (Å²) in [4.78, 5) is 40.5. The third kappa shape index (κ3) is 5.01. The molecule has 0 aliphatic rings. The molecule has 8 heteroatoms. The highest BCUT2D eigenvalue weighted by Crippen LogP contribution is 2.24. The summed E-state index contributed by atoms with van der Waals surface area (Å²) in [7, 11) is 4.47. The predicted octanol–water partition coefficient (Wildman–Crippen LogP) is 4.10. The lowest BCUT2D eigenvalue weighted by molar-refractivity contribution is 0.0588. The number of Topliss-reactive ketones (excluding diaryl/α,β-unsaturated/α-hetero) is 1. The second kappa shape index (κ2) is 10.3. The molecule has 3 rings (SSSR count). The lowest BCUT2D eigenvalue weighted by Crippen LogP contribution is -2.35. The van der Waals surface area contributed by atoms with Crippen molar-refractivity contribution in [3.63, 3.8) is 0 Å². The summed E-state index contributed by atoms with van der Waals surface area (Å²) in [6.07, 6.45) is 0. The van der Waals surface area contributed by atoms with Gasteiger partial charge in [-0.1, -0.05) is 18.2 Å². The molecule has 0 bridgehead atoms. The minimum atomic E-state index is -0.544. The van der Waals surface area contributed by atoms with Gasteiger partial charge in [0.1, 0.15) is 17.3 Å². The van der Waals surface area contributed by atoms with Crippen molar-refractivity contribution in [2.45, 2.75) is 20.4 Å². The van der Waals surface area contributed by atoms with Gasteiger partial charge in [0.25, 0.3) is 5.91 Å². The molecule has 0 saturated carbocycles. The minimum absolute atomic E-state index is 0.0941. The van der Waals surface area contributed by atoms with Crippen LogP contribution in [0.15, 0.2) is 48.5 Å². The zero-order valence-corrected chi connectivity index (χ0v) is 19.8. The lowest BCUT2D eigenvalue weighted by atomic mass is 10.0. The number of benzene rings is 2. The molecule has 7 nitrogen and oxygen atoms in total. The Balaban J connectivity index is 1.98. The number of carbonyl (C=O) groups is 3. The molecule has 0 saturated heterocycles. The number of hydrogen-bond donors (Lipinski definition) is 0. The maximum atomic E-state index is 13.4. The molecule has 0 unspecified atom stereocenters. The number of hydrogen-bond acceptors (Lipinski definition) is 5. The van der Waals surface area contributed by atoms with Crippen LogP contribution >= 0.6 is 0 Å². The fraction of sp³-hybridized carbons (Fsp3) is 0.269. The van der Waals surface area contributed by atoms with Crippen LogP contribution in [0.1, 0.15) is 48.0 Å². The number of carbonyl (C=O) groups excluding carboxylic acids is 3. The summed E-state index contributed by atoms with van der Waals surface area (Å²) < 4.78 is 25.1. The lowest BCUT2D eigenvalue weighted by Gasteiger charge is -2.23. The van der Waals surface area contributed by atoms with Crippen LogP contribution in [-0.2, 0) is 18.3 Å². The summed E-state index contributed by atoms with van der Waals surface area (Å²) in [5, 5.41) is 0. The summed E-state index contributed by atoms with van der Waals surface area (Å²) in [6, 6.07) is 12.4. The van der Waals surface area contributed by atoms with Crippen molar-refractivity contribution in [1.29, 1.82) is 0 Å². The first-order valence-electron chi connectivity index (χ1n) is 10.6. The number of ether oxygens (including phenoxy) is 2. The Hall–Kier alpha value is -3.94. The zero-order valence-electron chi connectivity index (χ0n) is 19.8. The van der Waals surface area contributed by atoms with Crippen LogP contribution in [0.25, 0.3) is 0 Å². The van der Waals surface area contributed by atoms with Gasteiger partial charge in [0.05, 0.1) is 20.8 Å². The van der Waals surface area contributed by atoms with E-state index in [0.29, 0.717) is 33.7 Å². The molecule has 1 heterocycles. The summed E-state index contributed by atoms with van der Waals surface area (Å²) in [6.45, 7) is 3.28. The molecule has 0 spiro atoms. The largest absolute Gasteiger partial charge is 0.497 e. The summed E-state index contributed by atoms with van der Waals surface area (Å²) in [5.74, 6) is -1.12. The number of esters is 1. The van der Waals surface area contributed by atoms with Gasteiger partial charge in [-0.3, -0.25) is 9.59 Å². The van der Waals surface area contributed by atoms with Gasteiger partial charge < -0.3 is 18.9 Å². The van der Waals surface area contributed by atoms with E-state index in [9.17, 15) is 18.8 Å². The number of amides is 1. The average Bonchev–Trinajstić information content (AvgIpc) is 3.06. The highest BCUT2D eigenvalue weighted by molar-refractivity contribution is 6.06. The minimum Gasteiger partial charge on any atom is -0.497 e. The standard InChI is InChI=1S/C26H27FN2O5/c1-16-23(17(2)28(3)24(16)26(32)34-5)22(30)15-29(14-18-9-11-20(27)12-10-18)25(31)19-7-6-8-21(13-19)33-4/h6-13H,14-15H2,1-5H3. The van der Waals surface area contributed by atoms with Crippen molar-refractivity contribution in [1.82, 2.24) is 9.47 Å². The number of aromatic nitrogens is 1. The molecule has 0 radical (unpaired) electrons. The van der Waals surface area contributed by atoms with Crippen LogP contribution < -0.4 is 4.74 Å². The molecule has 34 heavy (non-hydrogen) atoms. The van der Waals surface area contributed by atoms with Gasteiger partial charge in [-0.2, -0.15) is 0 Å².